The van der Waals surface area contributed by atoms with Crippen molar-refractivity contribution >= 4 is 11.7 Å². The Bertz CT molecular complexity index is 1350. The van der Waals surface area contributed by atoms with E-state index in [1.54, 1.807) is 18.3 Å². The fraction of sp³-hybridized carbons (Fsp3) is 0.0800. The smallest absolute Gasteiger partial charge is 0.318 e. The minimum Gasteiger partial charge on any atom is -0.318 e. The molecule has 4 aromatic rings. The number of aromatic nitrogens is 1. The van der Waals surface area contributed by atoms with E-state index in [2.05, 4.69) is 5.32 Å². The molecule has 2 heterocycles. The fourth-order valence-electron chi connectivity index (χ4n) is 4.20. The summed E-state index contributed by atoms with van der Waals surface area (Å²) in [6, 6.07) is 15.2. The second-order valence-electron chi connectivity index (χ2n) is 7.72. The van der Waals surface area contributed by atoms with Crippen LogP contribution in [0.4, 0.5) is 28.0 Å². The molecule has 0 saturated carbocycles. The van der Waals surface area contributed by atoms with Crippen molar-refractivity contribution in [2.45, 2.75) is 12.6 Å². The Kier molecular flexibility index (Phi) is 5.12. The van der Waals surface area contributed by atoms with Crippen LogP contribution in [0.2, 0.25) is 0 Å². The normalized spacial score (nSPS) is 14.9. The quantitative estimate of drug-likeness (QED) is 0.364. The second-order valence-corrected chi connectivity index (χ2v) is 7.72. The fourth-order valence-corrected chi connectivity index (χ4v) is 4.20. The van der Waals surface area contributed by atoms with Crippen LogP contribution in [0.15, 0.2) is 79.0 Å². The average molecular weight is 451 g/mol. The molecular formula is C25H17F4N3O. The highest BCUT2D eigenvalue weighted by molar-refractivity contribution is 5.90. The van der Waals surface area contributed by atoms with Crippen molar-refractivity contribution in [3.8, 4) is 5.69 Å². The SMILES string of the molecule is O=C(Nc1ccc(F)cc1F)N1Cc2ccccc2-n2cccc2C1c1cc(F)cc(F)c1. The standard InChI is InChI=1S/C25H17F4N3O/c26-17-7-8-21(20(29)13-17)30-25(33)32-14-15-4-1-2-5-22(15)31-9-3-6-23(31)24(32)16-10-18(27)12-19(28)11-16/h1-13,24H,14H2,(H,30,33). The number of nitrogens with zero attached hydrogens (tertiary/aromatic N) is 2. The van der Waals surface area contributed by atoms with Crippen molar-refractivity contribution in [2.75, 3.05) is 5.32 Å². The third-order valence-corrected chi connectivity index (χ3v) is 5.60. The van der Waals surface area contributed by atoms with Gasteiger partial charge in [0.05, 0.1) is 24.0 Å². The van der Waals surface area contributed by atoms with Crippen LogP contribution in [0.5, 0.6) is 0 Å². The molecule has 5 rings (SSSR count). The molecule has 1 atom stereocenters. The molecule has 1 unspecified atom stereocenters. The number of hydrogen-bond donors (Lipinski definition) is 1. The number of fused-ring (bicyclic) bond motifs is 3. The lowest BCUT2D eigenvalue weighted by Gasteiger charge is -2.31. The lowest BCUT2D eigenvalue weighted by molar-refractivity contribution is 0.194. The van der Waals surface area contributed by atoms with Crippen molar-refractivity contribution in [3.63, 3.8) is 0 Å². The molecule has 0 bridgehead atoms. The molecule has 0 saturated heterocycles. The Morgan fingerprint density at radius 3 is 2.36 bits per heavy atom. The number of carbonyl (C=O) groups is 1. The van der Waals surface area contributed by atoms with Crippen LogP contribution < -0.4 is 5.32 Å². The predicted molar refractivity (Wildman–Crippen MR) is 115 cm³/mol. The first-order chi connectivity index (χ1) is 15.9. The second kappa shape index (κ2) is 8.12. The van der Waals surface area contributed by atoms with Gasteiger partial charge in [-0.05, 0) is 53.6 Å². The van der Waals surface area contributed by atoms with E-state index in [1.165, 1.54) is 17.0 Å². The van der Waals surface area contributed by atoms with Crippen molar-refractivity contribution in [3.05, 3.63) is 119 Å². The minimum atomic E-state index is -0.935. The largest absolute Gasteiger partial charge is 0.323 e. The zero-order valence-electron chi connectivity index (χ0n) is 17.1. The van der Waals surface area contributed by atoms with Gasteiger partial charge in [0.15, 0.2) is 0 Å². The maximum atomic E-state index is 14.2. The molecule has 3 aromatic carbocycles. The van der Waals surface area contributed by atoms with Crippen LogP contribution in [-0.2, 0) is 6.54 Å². The molecule has 2 amide bonds. The summed E-state index contributed by atoms with van der Waals surface area (Å²) in [4.78, 5) is 14.8. The summed E-state index contributed by atoms with van der Waals surface area (Å²) in [5.41, 5.74) is 2.19. The van der Waals surface area contributed by atoms with E-state index in [0.29, 0.717) is 11.8 Å². The van der Waals surface area contributed by atoms with Crippen molar-refractivity contribution in [1.82, 2.24) is 9.47 Å². The van der Waals surface area contributed by atoms with E-state index < -0.39 is 35.3 Å². The van der Waals surface area contributed by atoms with Crippen LogP contribution >= 0.6 is 0 Å². The van der Waals surface area contributed by atoms with E-state index in [4.69, 9.17) is 0 Å². The summed E-state index contributed by atoms with van der Waals surface area (Å²) >= 11 is 0. The third-order valence-electron chi connectivity index (χ3n) is 5.60. The molecule has 33 heavy (non-hydrogen) atoms. The first-order valence-corrected chi connectivity index (χ1v) is 10.1. The Hall–Kier alpha value is -4.07. The summed E-state index contributed by atoms with van der Waals surface area (Å²) in [5, 5.41) is 2.47. The van der Waals surface area contributed by atoms with Crippen LogP contribution in [0, 0.1) is 23.3 Å². The summed E-state index contributed by atoms with van der Waals surface area (Å²) < 4.78 is 57.7. The number of halogens is 4. The third kappa shape index (κ3) is 3.84. The van der Waals surface area contributed by atoms with Crippen molar-refractivity contribution in [1.29, 1.82) is 0 Å². The molecule has 0 aliphatic carbocycles. The number of nitrogens with one attached hydrogen (secondary N) is 1. The predicted octanol–water partition coefficient (Wildman–Crippen LogP) is 6.17. The highest BCUT2D eigenvalue weighted by Crippen LogP contribution is 2.37. The first-order valence-electron chi connectivity index (χ1n) is 10.1. The van der Waals surface area contributed by atoms with E-state index in [9.17, 15) is 22.4 Å². The monoisotopic (exact) mass is 451 g/mol. The number of rotatable bonds is 2. The summed E-state index contributed by atoms with van der Waals surface area (Å²) in [7, 11) is 0. The molecule has 0 radical (unpaired) electrons. The number of para-hydroxylation sites is 1. The van der Waals surface area contributed by atoms with E-state index >= 15 is 0 Å². The van der Waals surface area contributed by atoms with Gasteiger partial charge in [0.25, 0.3) is 0 Å². The molecule has 1 aliphatic rings. The van der Waals surface area contributed by atoms with Crippen LogP contribution in [-0.4, -0.2) is 15.5 Å². The van der Waals surface area contributed by atoms with Crippen molar-refractivity contribution in [2.24, 2.45) is 0 Å². The van der Waals surface area contributed by atoms with Gasteiger partial charge in [-0.25, -0.2) is 22.4 Å². The number of carbonyl (C=O) groups excluding carboxylic acids is 1. The van der Waals surface area contributed by atoms with Gasteiger partial charge in [-0.15, -0.1) is 0 Å². The maximum absolute atomic E-state index is 14.2. The van der Waals surface area contributed by atoms with Gasteiger partial charge in [0.1, 0.15) is 23.3 Å². The highest BCUT2D eigenvalue weighted by Gasteiger charge is 2.33. The highest BCUT2D eigenvalue weighted by atomic mass is 19.1. The minimum absolute atomic E-state index is 0.0787. The Morgan fingerprint density at radius 2 is 1.61 bits per heavy atom. The number of urea groups is 1. The average Bonchev–Trinajstić information content (AvgIpc) is 3.19. The zero-order valence-corrected chi connectivity index (χ0v) is 17.1. The Labute approximate surface area is 186 Å². The van der Waals surface area contributed by atoms with Gasteiger partial charge in [0.2, 0.25) is 0 Å². The molecule has 4 nitrogen and oxygen atoms in total. The molecule has 0 fully saturated rings. The number of anilines is 1. The topological polar surface area (TPSA) is 37.3 Å². The molecule has 8 heteroatoms. The van der Waals surface area contributed by atoms with Gasteiger partial charge >= 0.3 is 6.03 Å². The van der Waals surface area contributed by atoms with Gasteiger partial charge in [-0.1, -0.05) is 18.2 Å². The van der Waals surface area contributed by atoms with E-state index in [-0.39, 0.29) is 17.8 Å². The molecule has 1 N–H and O–H groups in total. The van der Waals surface area contributed by atoms with Crippen molar-refractivity contribution < 1.29 is 22.4 Å². The summed E-state index contributed by atoms with van der Waals surface area (Å²) in [6.45, 7) is 0.0787. The molecule has 0 spiro atoms. The Balaban J connectivity index is 1.65. The molecule has 1 aromatic heterocycles. The van der Waals surface area contributed by atoms with Crippen LogP contribution in [0.25, 0.3) is 5.69 Å². The summed E-state index contributed by atoms with van der Waals surface area (Å²) in [6.07, 6.45) is 1.80. The van der Waals surface area contributed by atoms with Crippen LogP contribution in [0.3, 0.4) is 0 Å². The lowest BCUT2D eigenvalue weighted by atomic mass is 10.0. The first kappa shape index (κ1) is 20.8. The number of hydrogen-bond acceptors (Lipinski definition) is 1. The molecular weight excluding hydrogens is 434 g/mol. The molecule has 1 aliphatic heterocycles. The van der Waals surface area contributed by atoms with Crippen LogP contribution in [0.1, 0.15) is 22.9 Å². The summed E-state index contributed by atoms with van der Waals surface area (Å²) in [5.74, 6) is -3.28. The van der Waals surface area contributed by atoms with E-state index in [1.807, 2.05) is 28.8 Å². The van der Waals surface area contributed by atoms with Gasteiger partial charge in [-0.3, -0.25) is 0 Å². The number of amides is 2. The van der Waals surface area contributed by atoms with Gasteiger partial charge < -0.3 is 14.8 Å². The zero-order chi connectivity index (χ0) is 23.1. The molecule has 166 valence electrons. The van der Waals surface area contributed by atoms with E-state index in [0.717, 1.165) is 29.4 Å². The van der Waals surface area contributed by atoms with Gasteiger partial charge in [-0.2, -0.15) is 0 Å². The number of benzene rings is 3. The van der Waals surface area contributed by atoms with Gasteiger partial charge in [0, 0.05) is 24.0 Å². The lowest BCUT2D eigenvalue weighted by Crippen LogP contribution is -2.38. The Morgan fingerprint density at radius 1 is 0.848 bits per heavy atom. The maximum Gasteiger partial charge on any atom is 0.323 e.